The molecule has 0 aromatic carbocycles. The second-order valence-electron chi connectivity index (χ2n) is 10.4. The van der Waals surface area contributed by atoms with Crippen LogP contribution in [0.5, 0.6) is 0 Å². The molecule has 3 saturated heterocycles. The third kappa shape index (κ3) is 5.70. The van der Waals surface area contributed by atoms with Crippen molar-refractivity contribution in [1.29, 1.82) is 0 Å². The highest BCUT2D eigenvalue weighted by Crippen LogP contribution is 2.50. The Bertz CT molecular complexity index is 2000. The first-order valence-corrected chi connectivity index (χ1v) is 17.7. The molecule has 5 N–H and O–H groups in total. The first-order chi connectivity index (χ1) is 21.9. The first-order valence-electron chi connectivity index (χ1n) is 13.7. The Labute approximate surface area is 262 Å². The molecule has 24 heteroatoms. The van der Waals surface area contributed by atoms with Crippen molar-refractivity contribution in [3.8, 4) is 0 Å². The van der Waals surface area contributed by atoms with Gasteiger partial charge in [-0.3, -0.25) is 23.4 Å². The Morgan fingerprint density at radius 2 is 1.93 bits per heavy atom. The van der Waals surface area contributed by atoms with Gasteiger partial charge in [-0.2, -0.15) is 18.1 Å². The number of anilines is 1. The Hall–Kier alpha value is -3.09. The van der Waals surface area contributed by atoms with Gasteiger partial charge in [0.05, 0.1) is 25.5 Å². The van der Waals surface area contributed by atoms with Gasteiger partial charge in [0, 0.05) is 13.2 Å². The zero-order chi connectivity index (χ0) is 32.4. The van der Waals surface area contributed by atoms with Gasteiger partial charge in [-0.25, -0.2) is 28.5 Å². The van der Waals surface area contributed by atoms with Crippen molar-refractivity contribution in [2.24, 2.45) is 0 Å². The van der Waals surface area contributed by atoms with Crippen LogP contribution in [0, 0.1) is 0 Å². The van der Waals surface area contributed by atoms with Crippen LogP contribution < -0.4 is 16.0 Å². The minimum atomic E-state index is -4.67. The van der Waals surface area contributed by atoms with Crippen LogP contribution in [0.15, 0.2) is 30.0 Å². The molecule has 46 heavy (non-hydrogen) atoms. The second-order valence-corrected chi connectivity index (χ2v) is 14.5. The molecule has 0 radical (unpaired) electrons. The number of halogens is 1. The Kier molecular flexibility index (Phi) is 8.12. The topological polar surface area (TPSA) is 255 Å². The number of nitrogens with zero attached hydrogens (tertiary/aromatic N) is 7. The summed E-state index contributed by atoms with van der Waals surface area (Å²) in [6.07, 6.45) is -6.16. The van der Waals surface area contributed by atoms with E-state index in [4.69, 9.17) is 45.0 Å². The molecule has 20 nitrogen and oxygen atoms in total. The molecular weight excluding hydrogens is 678 g/mol. The zero-order valence-electron chi connectivity index (χ0n) is 23.5. The number of ether oxygens (including phenoxy) is 3. The van der Waals surface area contributed by atoms with E-state index in [0.717, 1.165) is 0 Å². The molecule has 2 bridgehead atoms. The number of rotatable bonds is 4. The summed E-state index contributed by atoms with van der Waals surface area (Å²) < 4.78 is 82.3. The van der Waals surface area contributed by atoms with E-state index in [1.54, 1.807) is 6.92 Å². The Balaban J connectivity index is 1.23. The second kappa shape index (κ2) is 11.9. The summed E-state index contributed by atoms with van der Waals surface area (Å²) in [5, 5.41) is 0. The van der Waals surface area contributed by atoms with Crippen molar-refractivity contribution in [2.45, 2.75) is 56.1 Å². The van der Waals surface area contributed by atoms with E-state index >= 15 is 4.39 Å². The largest absolute Gasteiger partial charge is 0.373 e. The molecule has 4 aromatic rings. The molecule has 0 spiro atoms. The fourth-order valence-electron chi connectivity index (χ4n) is 5.59. The summed E-state index contributed by atoms with van der Waals surface area (Å²) >= 11 is 5.23. The van der Waals surface area contributed by atoms with Crippen molar-refractivity contribution >= 4 is 57.1 Å². The standard InChI is InChI=1S/C22H26FN10O10PS2/c1-2-38-15-11-5-39-44(35,45)42-14-10(40-20(12(14)23)32-7-27-9-3-25-6-26-17(9)32)4-29-46(36,37)43-16(15)21(41-11)33-8-28-13-18(33)30-22(24)31-19(13)34/h3,6-8,10-12,14-16,20-21,29H,2,4-5H2,1H3,(H,35,45)(H3,24,30,31,34)/t10-,11-,12-,14-,15-,16-,20-,21-,44?/m1/s1. The smallest absolute Gasteiger partial charge is 0.336 e. The van der Waals surface area contributed by atoms with E-state index < -0.39 is 84.9 Å². The zero-order valence-corrected chi connectivity index (χ0v) is 26.0. The quantitative estimate of drug-likeness (QED) is 0.185. The molecule has 3 aliphatic rings. The highest BCUT2D eigenvalue weighted by molar-refractivity contribution is 8.07. The summed E-state index contributed by atoms with van der Waals surface area (Å²) in [5.41, 5.74) is 5.56. The predicted octanol–water partition coefficient (Wildman–Crippen LogP) is -1.07. The third-order valence-electron chi connectivity index (χ3n) is 7.50. The number of hydrogen-bond donors (Lipinski definition) is 4. The molecule has 7 rings (SSSR count). The van der Waals surface area contributed by atoms with Gasteiger partial charge < -0.3 is 29.4 Å². The predicted molar refractivity (Wildman–Crippen MR) is 155 cm³/mol. The highest BCUT2D eigenvalue weighted by atomic mass is 32.5. The molecular formula is C22H26FN10O10PS2. The molecule has 4 aromatic heterocycles. The maximum atomic E-state index is 16.0. The maximum Gasteiger partial charge on any atom is 0.336 e. The number of H-pyrrole nitrogens is 1. The van der Waals surface area contributed by atoms with Crippen LogP contribution in [0.3, 0.4) is 0 Å². The van der Waals surface area contributed by atoms with Gasteiger partial charge in [-0.05, 0) is 18.7 Å². The van der Waals surface area contributed by atoms with Gasteiger partial charge in [-0.15, -0.1) is 0 Å². The first kappa shape index (κ1) is 31.5. The SMILES string of the molecule is CCO[C@H]1[C@H]2OS(=O)(=O)NC[C@H]3O[C@@H](n4cnc5cncnc54)[C@H](F)[C@@H]3OP(O)(=S)OC[C@H]1O[C@H]2n1cnc2c(=O)[nH]c(N)nc21. The summed E-state index contributed by atoms with van der Waals surface area (Å²) in [6, 6.07) is 0. The lowest BCUT2D eigenvalue weighted by molar-refractivity contribution is -0.0585. The summed E-state index contributed by atoms with van der Waals surface area (Å²) in [4.78, 5) is 46.1. The van der Waals surface area contributed by atoms with Crippen molar-refractivity contribution in [3.63, 3.8) is 0 Å². The number of imidazole rings is 2. The van der Waals surface area contributed by atoms with E-state index in [-0.39, 0.29) is 29.4 Å². The van der Waals surface area contributed by atoms with Crippen LogP contribution in [0.25, 0.3) is 22.3 Å². The van der Waals surface area contributed by atoms with E-state index in [9.17, 15) is 18.1 Å². The molecule has 1 unspecified atom stereocenters. The van der Waals surface area contributed by atoms with Crippen LogP contribution in [0.2, 0.25) is 0 Å². The van der Waals surface area contributed by atoms with Gasteiger partial charge in [0.15, 0.2) is 41.5 Å². The average molecular weight is 705 g/mol. The molecule has 7 heterocycles. The van der Waals surface area contributed by atoms with Crippen molar-refractivity contribution in [1.82, 2.24) is 43.8 Å². The minimum absolute atomic E-state index is 0.0294. The average Bonchev–Trinajstić information content (AvgIpc) is 3.76. The lowest BCUT2D eigenvalue weighted by Gasteiger charge is -2.26. The maximum absolute atomic E-state index is 16.0. The molecule has 0 saturated carbocycles. The van der Waals surface area contributed by atoms with Gasteiger partial charge in [-0.1, -0.05) is 0 Å². The number of hydrogen-bond acceptors (Lipinski definition) is 16. The van der Waals surface area contributed by atoms with Crippen molar-refractivity contribution in [2.75, 3.05) is 25.5 Å². The van der Waals surface area contributed by atoms with Crippen LogP contribution >= 0.6 is 6.72 Å². The molecule has 0 amide bonds. The molecule has 9 atom stereocenters. The van der Waals surface area contributed by atoms with E-state index in [2.05, 4.69) is 34.6 Å². The summed E-state index contributed by atoms with van der Waals surface area (Å²) in [6.45, 7) is -3.57. The Morgan fingerprint density at radius 3 is 2.74 bits per heavy atom. The van der Waals surface area contributed by atoms with E-state index in [1.165, 1.54) is 34.3 Å². The molecule has 3 aliphatic heterocycles. The number of fused-ring (bicyclic) bond motifs is 5. The van der Waals surface area contributed by atoms with Crippen molar-refractivity contribution < 1.29 is 45.1 Å². The fourth-order valence-corrected chi connectivity index (χ4v) is 7.96. The van der Waals surface area contributed by atoms with Crippen LogP contribution in [0.1, 0.15) is 19.4 Å². The van der Waals surface area contributed by atoms with E-state index in [0.29, 0.717) is 5.52 Å². The molecule has 248 valence electrons. The number of alkyl halides is 1. The third-order valence-corrected chi connectivity index (χ3v) is 10.1. The van der Waals surface area contributed by atoms with Gasteiger partial charge in [0.1, 0.15) is 36.3 Å². The number of nitrogens with two attached hydrogens (primary N) is 1. The molecule has 3 fully saturated rings. The lowest BCUT2D eigenvalue weighted by atomic mass is 10.1. The van der Waals surface area contributed by atoms with Gasteiger partial charge >= 0.3 is 17.0 Å². The number of nitrogen functional groups attached to an aromatic ring is 1. The van der Waals surface area contributed by atoms with Crippen LogP contribution in [0.4, 0.5) is 10.3 Å². The van der Waals surface area contributed by atoms with Crippen molar-refractivity contribution in [3.05, 3.63) is 35.5 Å². The minimum Gasteiger partial charge on any atom is -0.373 e. The van der Waals surface area contributed by atoms with E-state index in [1.807, 2.05) is 0 Å². The monoisotopic (exact) mass is 704 g/mol. The highest BCUT2D eigenvalue weighted by Gasteiger charge is 2.53. The number of nitrogens with one attached hydrogen (secondary N) is 2. The molecule has 0 aliphatic carbocycles. The fraction of sp³-hybridized carbons (Fsp3) is 0.545. The summed E-state index contributed by atoms with van der Waals surface area (Å²) in [7, 11) is -4.67. The van der Waals surface area contributed by atoms with Gasteiger partial charge in [0.25, 0.3) is 5.56 Å². The van der Waals surface area contributed by atoms with Crippen LogP contribution in [-0.2, 0) is 49.6 Å². The summed E-state index contributed by atoms with van der Waals surface area (Å²) in [5.74, 6) is -0.225. The number of aromatic amines is 1. The normalized spacial score (nSPS) is 35.0. The van der Waals surface area contributed by atoms with Crippen LogP contribution in [-0.4, -0.2) is 109 Å². The Morgan fingerprint density at radius 1 is 1.17 bits per heavy atom. The van der Waals surface area contributed by atoms with Gasteiger partial charge in [0.2, 0.25) is 5.95 Å². The lowest BCUT2D eigenvalue weighted by Crippen LogP contribution is -2.44. The number of aromatic nitrogens is 8.